The molecule has 0 aliphatic carbocycles. The monoisotopic (exact) mass is 348 g/mol. The fourth-order valence-electron chi connectivity index (χ4n) is 2.22. The molecule has 0 unspecified atom stereocenters. The smallest absolute Gasteiger partial charge is 0.265 e. The fraction of sp³-hybridized carbons (Fsp3) is 0.294. The maximum absolute atomic E-state index is 12.3. The van der Waals surface area contributed by atoms with E-state index in [0.29, 0.717) is 21.3 Å². The van der Waals surface area contributed by atoms with Gasteiger partial charge in [0.25, 0.3) is 5.91 Å². The van der Waals surface area contributed by atoms with E-state index in [9.17, 15) is 10.1 Å². The van der Waals surface area contributed by atoms with Crippen LogP contribution in [0.25, 0.3) is 0 Å². The van der Waals surface area contributed by atoms with Crippen molar-refractivity contribution in [2.24, 2.45) is 0 Å². The number of rotatable bonds is 5. The van der Waals surface area contributed by atoms with E-state index in [-0.39, 0.29) is 5.91 Å². The number of carbonyl (C=O) groups excluding carboxylic acids is 1. The van der Waals surface area contributed by atoms with Crippen LogP contribution in [0.15, 0.2) is 24.3 Å². The number of ether oxygens (including phenoxy) is 1. The molecule has 4 nitrogen and oxygen atoms in total. The Morgan fingerprint density at radius 1 is 1.52 bits per heavy atom. The molecular weight excluding hydrogens is 332 g/mol. The molecule has 1 N–H and O–H groups in total. The maximum Gasteiger partial charge on any atom is 0.265 e. The van der Waals surface area contributed by atoms with Crippen molar-refractivity contribution in [3.8, 4) is 11.8 Å². The topological polar surface area (TPSA) is 62.1 Å². The number of nitriles is 1. The van der Waals surface area contributed by atoms with Crippen molar-refractivity contribution in [3.63, 3.8) is 0 Å². The molecule has 0 fully saturated rings. The molecule has 1 amide bonds. The van der Waals surface area contributed by atoms with E-state index in [1.54, 1.807) is 31.2 Å². The summed E-state index contributed by atoms with van der Waals surface area (Å²) in [5.41, 5.74) is 1.52. The fourth-order valence-corrected chi connectivity index (χ4v) is 3.50. The molecule has 0 saturated carbocycles. The Kier molecular flexibility index (Phi) is 5.64. The lowest BCUT2D eigenvalue weighted by Gasteiger charge is -2.14. The first-order valence-corrected chi connectivity index (χ1v) is 8.41. The number of anilines is 1. The lowest BCUT2D eigenvalue weighted by Crippen LogP contribution is -2.30. The van der Waals surface area contributed by atoms with Gasteiger partial charge in [0.2, 0.25) is 0 Å². The van der Waals surface area contributed by atoms with E-state index in [1.165, 1.54) is 11.3 Å². The third-order valence-corrected chi connectivity index (χ3v) is 4.69. The summed E-state index contributed by atoms with van der Waals surface area (Å²) < 4.78 is 5.59. The van der Waals surface area contributed by atoms with Crippen LogP contribution in [-0.2, 0) is 11.2 Å². The van der Waals surface area contributed by atoms with Crippen LogP contribution in [0.5, 0.6) is 5.75 Å². The molecule has 1 aromatic heterocycles. The standard InChI is InChI=1S/C17H17ClN2O2S/c1-4-14-11(3)23-17(15(14)9-19)20-16(21)10(2)22-13-7-5-6-12(18)8-13/h5-8,10H,4H2,1-3H3,(H,20,21)/t10-/m0/s1. The van der Waals surface area contributed by atoms with Gasteiger partial charge in [-0.25, -0.2) is 0 Å². The molecule has 23 heavy (non-hydrogen) atoms. The Morgan fingerprint density at radius 2 is 2.26 bits per heavy atom. The summed E-state index contributed by atoms with van der Waals surface area (Å²) in [6.45, 7) is 5.60. The van der Waals surface area contributed by atoms with Gasteiger partial charge in [-0.3, -0.25) is 4.79 Å². The molecule has 2 rings (SSSR count). The largest absolute Gasteiger partial charge is 0.481 e. The highest BCUT2D eigenvalue weighted by atomic mass is 35.5. The number of hydrogen-bond acceptors (Lipinski definition) is 4. The quantitative estimate of drug-likeness (QED) is 0.862. The Bertz CT molecular complexity index is 764. The number of amides is 1. The van der Waals surface area contributed by atoms with Crippen molar-refractivity contribution in [2.75, 3.05) is 5.32 Å². The molecule has 0 saturated heterocycles. The number of nitrogens with zero attached hydrogens (tertiary/aromatic N) is 1. The SMILES string of the molecule is CCc1c(C)sc(NC(=O)[C@H](C)Oc2cccc(Cl)c2)c1C#N. The Balaban J connectivity index is 2.11. The normalized spacial score (nSPS) is 11.6. The van der Waals surface area contributed by atoms with Crippen molar-refractivity contribution in [1.82, 2.24) is 0 Å². The Hall–Kier alpha value is -2.03. The highest BCUT2D eigenvalue weighted by molar-refractivity contribution is 7.16. The van der Waals surface area contributed by atoms with Gasteiger partial charge >= 0.3 is 0 Å². The summed E-state index contributed by atoms with van der Waals surface area (Å²) in [7, 11) is 0. The molecule has 0 bridgehead atoms. The summed E-state index contributed by atoms with van der Waals surface area (Å²) in [6.07, 6.45) is 0.0582. The highest BCUT2D eigenvalue weighted by Gasteiger charge is 2.20. The molecule has 0 aliphatic rings. The second kappa shape index (κ2) is 7.49. The van der Waals surface area contributed by atoms with E-state index in [1.807, 2.05) is 13.8 Å². The van der Waals surface area contributed by atoms with Gasteiger partial charge in [0.1, 0.15) is 16.8 Å². The first-order chi connectivity index (χ1) is 11.0. The van der Waals surface area contributed by atoms with Gasteiger partial charge in [0.05, 0.1) is 5.56 Å². The van der Waals surface area contributed by atoms with Crippen LogP contribution in [0.3, 0.4) is 0 Å². The predicted octanol–water partition coefficient (Wildman–Crippen LogP) is 4.55. The van der Waals surface area contributed by atoms with Crippen molar-refractivity contribution in [3.05, 3.63) is 45.3 Å². The second-order valence-corrected chi connectivity index (χ2v) is 6.67. The van der Waals surface area contributed by atoms with Crippen LogP contribution in [-0.4, -0.2) is 12.0 Å². The third kappa shape index (κ3) is 4.04. The molecule has 6 heteroatoms. The summed E-state index contributed by atoms with van der Waals surface area (Å²) in [6, 6.07) is 9.05. The molecule has 0 spiro atoms. The van der Waals surface area contributed by atoms with Gasteiger partial charge < -0.3 is 10.1 Å². The van der Waals surface area contributed by atoms with Gasteiger partial charge in [0, 0.05) is 9.90 Å². The summed E-state index contributed by atoms with van der Waals surface area (Å²) >= 11 is 7.31. The lowest BCUT2D eigenvalue weighted by molar-refractivity contribution is -0.122. The maximum atomic E-state index is 12.3. The van der Waals surface area contributed by atoms with Crippen molar-refractivity contribution >= 4 is 33.8 Å². The van der Waals surface area contributed by atoms with Crippen molar-refractivity contribution in [1.29, 1.82) is 5.26 Å². The number of nitrogens with one attached hydrogen (secondary N) is 1. The minimum Gasteiger partial charge on any atom is -0.481 e. The van der Waals surface area contributed by atoms with Crippen LogP contribution in [0.2, 0.25) is 5.02 Å². The number of hydrogen-bond donors (Lipinski definition) is 1. The van der Waals surface area contributed by atoms with Gasteiger partial charge in [-0.15, -0.1) is 11.3 Å². The molecule has 2 aromatic rings. The summed E-state index contributed by atoms with van der Waals surface area (Å²) in [5.74, 6) is 0.225. The zero-order valence-corrected chi connectivity index (χ0v) is 14.7. The van der Waals surface area contributed by atoms with Crippen LogP contribution >= 0.6 is 22.9 Å². The number of carbonyl (C=O) groups is 1. The van der Waals surface area contributed by atoms with Gasteiger partial charge in [-0.1, -0.05) is 24.6 Å². The van der Waals surface area contributed by atoms with Crippen molar-refractivity contribution < 1.29 is 9.53 Å². The summed E-state index contributed by atoms with van der Waals surface area (Å²) in [5, 5.41) is 13.2. The van der Waals surface area contributed by atoms with E-state index >= 15 is 0 Å². The summed E-state index contributed by atoms with van der Waals surface area (Å²) in [4.78, 5) is 13.4. The molecule has 0 aliphatic heterocycles. The minimum atomic E-state index is -0.701. The molecule has 1 heterocycles. The van der Waals surface area contributed by atoms with Crippen molar-refractivity contribution in [2.45, 2.75) is 33.3 Å². The van der Waals surface area contributed by atoms with E-state index in [4.69, 9.17) is 16.3 Å². The third-order valence-electron chi connectivity index (χ3n) is 3.39. The zero-order chi connectivity index (χ0) is 17.0. The average Bonchev–Trinajstić information content (AvgIpc) is 2.81. The van der Waals surface area contributed by atoms with E-state index in [2.05, 4.69) is 11.4 Å². The first kappa shape index (κ1) is 17.3. The number of benzene rings is 1. The Morgan fingerprint density at radius 3 is 2.87 bits per heavy atom. The molecule has 1 atom stereocenters. The average molecular weight is 349 g/mol. The van der Waals surface area contributed by atoms with Gasteiger partial charge in [-0.05, 0) is 44.0 Å². The Labute approximate surface area is 144 Å². The highest BCUT2D eigenvalue weighted by Crippen LogP contribution is 2.33. The second-order valence-electron chi connectivity index (χ2n) is 5.01. The zero-order valence-electron chi connectivity index (χ0n) is 13.1. The van der Waals surface area contributed by atoms with E-state index in [0.717, 1.165) is 16.9 Å². The predicted molar refractivity (Wildman–Crippen MR) is 93.3 cm³/mol. The van der Waals surface area contributed by atoms with Gasteiger partial charge in [-0.2, -0.15) is 5.26 Å². The van der Waals surface area contributed by atoms with Crippen LogP contribution < -0.4 is 10.1 Å². The number of thiophene rings is 1. The number of halogens is 1. The van der Waals surface area contributed by atoms with Crippen LogP contribution in [0, 0.1) is 18.3 Å². The van der Waals surface area contributed by atoms with E-state index < -0.39 is 6.10 Å². The molecule has 1 aromatic carbocycles. The molecular formula is C17H17ClN2O2S. The van der Waals surface area contributed by atoms with Crippen LogP contribution in [0.4, 0.5) is 5.00 Å². The number of aryl methyl sites for hydroxylation is 1. The first-order valence-electron chi connectivity index (χ1n) is 7.21. The molecule has 0 radical (unpaired) electrons. The minimum absolute atomic E-state index is 0.301. The van der Waals surface area contributed by atoms with Crippen LogP contribution in [0.1, 0.15) is 29.9 Å². The lowest BCUT2D eigenvalue weighted by atomic mass is 10.1. The molecule has 120 valence electrons. The van der Waals surface area contributed by atoms with Gasteiger partial charge in [0.15, 0.2) is 6.10 Å².